The molecule has 0 saturated heterocycles. The number of hydrogen-bond acceptors (Lipinski definition) is 5. The second-order valence-electron chi connectivity index (χ2n) is 7.00. The van der Waals surface area contributed by atoms with Gasteiger partial charge < -0.3 is 9.88 Å². The summed E-state index contributed by atoms with van der Waals surface area (Å²) in [5.41, 5.74) is 3.06. The van der Waals surface area contributed by atoms with E-state index in [0.29, 0.717) is 25.2 Å². The molecule has 0 atom stereocenters. The van der Waals surface area contributed by atoms with Gasteiger partial charge in [0.1, 0.15) is 10.7 Å². The van der Waals surface area contributed by atoms with Crippen molar-refractivity contribution in [3.63, 3.8) is 0 Å². The Labute approximate surface area is 166 Å². The third kappa shape index (κ3) is 3.61. The molecule has 0 aliphatic carbocycles. The van der Waals surface area contributed by atoms with Crippen LogP contribution in [0.25, 0.3) is 16.5 Å². The van der Waals surface area contributed by atoms with Crippen LogP contribution in [0.1, 0.15) is 12.0 Å². The largest absolute Gasteiger partial charge is 0.367 e. The van der Waals surface area contributed by atoms with Gasteiger partial charge in [-0.25, -0.2) is 12.8 Å². The number of fused-ring (bicyclic) bond motifs is 1. The highest BCUT2D eigenvalue weighted by Gasteiger charge is 2.24. The fourth-order valence-corrected chi connectivity index (χ4v) is 4.52. The van der Waals surface area contributed by atoms with Gasteiger partial charge in [-0.1, -0.05) is 6.08 Å². The first-order valence-corrected chi connectivity index (χ1v) is 10.8. The van der Waals surface area contributed by atoms with Crippen LogP contribution in [0.4, 0.5) is 15.8 Å². The van der Waals surface area contributed by atoms with E-state index in [2.05, 4.69) is 4.98 Å². The maximum Gasteiger partial charge on any atom is 0.288 e. The first-order chi connectivity index (χ1) is 13.7. The molecule has 4 rings (SSSR count). The first-order valence-electron chi connectivity index (χ1n) is 8.93. The molecule has 29 heavy (non-hydrogen) atoms. The molecule has 2 heterocycles. The number of H-pyrrole nitrogens is 1. The van der Waals surface area contributed by atoms with Gasteiger partial charge in [-0.05, 0) is 42.3 Å². The van der Waals surface area contributed by atoms with E-state index in [1.807, 2.05) is 17.2 Å². The predicted molar refractivity (Wildman–Crippen MR) is 109 cm³/mol. The van der Waals surface area contributed by atoms with E-state index in [1.165, 1.54) is 24.3 Å². The molecule has 2 aromatic carbocycles. The van der Waals surface area contributed by atoms with E-state index >= 15 is 0 Å². The van der Waals surface area contributed by atoms with Crippen LogP contribution in [0, 0.1) is 15.9 Å². The summed E-state index contributed by atoms with van der Waals surface area (Å²) in [7, 11) is -3.73. The Kier molecular flexibility index (Phi) is 4.62. The van der Waals surface area contributed by atoms with Crippen molar-refractivity contribution in [2.24, 2.45) is 0 Å². The van der Waals surface area contributed by atoms with E-state index in [9.17, 15) is 22.9 Å². The lowest BCUT2D eigenvalue weighted by Crippen LogP contribution is -2.28. The number of benzene rings is 2. The number of nitrogens with zero attached hydrogens (tertiary/aromatic N) is 2. The fraction of sp³-hybridized carbons (Fsp3) is 0.200. The SMILES string of the molecule is CS(=O)(=O)c1cc(N2CC=C(c3c[nH]c4cc(F)ccc34)CC2)ccc1[N+](=O)[O-]. The summed E-state index contributed by atoms with van der Waals surface area (Å²) in [6, 6.07) is 8.80. The molecule has 150 valence electrons. The van der Waals surface area contributed by atoms with Gasteiger partial charge in [-0.3, -0.25) is 10.1 Å². The Balaban J connectivity index is 1.63. The molecule has 1 aliphatic rings. The van der Waals surface area contributed by atoms with Gasteiger partial charge >= 0.3 is 0 Å². The number of nitro groups is 1. The van der Waals surface area contributed by atoms with Crippen molar-refractivity contribution in [2.45, 2.75) is 11.3 Å². The molecule has 3 aromatic rings. The Bertz CT molecular complexity index is 1260. The number of rotatable bonds is 4. The molecular weight excluding hydrogens is 397 g/mol. The maximum atomic E-state index is 13.4. The first kappa shape index (κ1) is 19.1. The van der Waals surface area contributed by atoms with Gasteiger partial charge in [0.15, 0.2) is 9.84 Å². The monoisotopic (exact) mass is 415 g/mol. The van der Waals surface area contributed by atoms with Crippen LogP contribution in [0.5, 0.6) is 0 Å². The molecule has 0 radical (unpaired) electrons. The van der Waals surface area contributed by atoms with Gasteiger partial charge in [0.25, 0.3) is 5.69 Å². The minimum absolute atomic E-state index is 0.284. The Morgan fingerprint density at radius 3 is 2.66 bits per heavy atom. The van der Waals surface area contributed by atoms with Crippen molar-refractivity contribution in [1.82, 2.24) is 4.98 Å². The lowest BCUT2D eigenvalue weighted by Gasteiger charge is -2.28. The van der Waals surface area contributed by atoms with Crippen molar-refractivity contribution < 1.29 is 17.7 Å². The molecule has 0 spiro atoms. The summed E-state index contributed by atoms with van der Waals surface area (Å²) < 4.78 is 37.4. The molecule has 0 amide bonds. The van der Waals surface area contributed by atoms with Crippen molar-refractivity contribution in [1.29, 1.82) is 0 Å². The fourth-order valence-electron chi connectivity index (χ4n) is 3.66. The summed E-state index contributed by atoms with van der Waals surface area (Å²) in [6.45, 7) is 1.16. The molecule has 9 heteroatoms. The highest BCUT2D eigenvalue weighted by atomic mass is 32.2. The van der Waals surface area contributed by atoms with Crippen LogP contribution in [0.3, 0.4) is 0 Å². The topological polar surface area (TPSA) is 96.3 Å². The number of aromatic amines is 1. The molecule has 1 aromatic heterocycles. The highest BCUT2D eigenvalue weighted by molar-refractivity contribution is 7.90. The third-order valence-corrected chi connectivity index (χ3v) is 6.23. The summed E-state index contributed by atoms with van der Waals surface area (Å²) in [5, 5.41) is 12.1. The lowest BCUT2D eigenvalue weighted by atomic mass is 9.98. The van der Waals surface area contributed by atoms with Gasteiger partial charge in [0.2, 0.25) is 0 Å². The number of nitro benzene ring substituents is 1. The van der Waals surface area contributed by atoms with E-state index in [0.717, 1.165) is 28.3 Å². The number of hydrogen-bond donors (Lipinski definition) is 1. The van der Waals surface area contributed by atoms with Crippen molar-refractivity contribution in [2.75, 3.05) is 24.2 Å². The van der Waals surface area contributed by atoms with E-state index < -0.39 is 20.4 Å². The number of sulfone groups is 1. The van der Waals surface area contributed by atoms with E-state index in [-0.39, 0.29) is 10.7 Å². The number of aromatic nitrogens is 1. The van der Waals surface area contributed by atoms with Crippen molar-refractivity contribution in [3.8, 4) is 0 Å². The third-order valence-electron chi connectivity index (χ3n) is 5.10. The minimum atomic E-state index is -3.73. The van der Waals surface area contributed by atoms with E-state index in [1.54, 1.807) is 12.1 Å². The van der Waals surface area contributed by atoms with Crippen LogP contribution >= 0.6 is 0 Å². The molecule has 0 unspecified atom stereocenters. The summed E-state index contributed by atoms with van der Waals surface area (Å²) in [4.78, 5) is 15.2. The lowest BCUT2D eigenvalue weighted by molar-refractivity contribution is -0.387. The van der Waals surface area contributed by atoms with Crippen LogP contribution in [0.2, 0.25) is 0 Å². The highest BCUT2D eigenvalue weighted by Crippen LogP contribution is 2.33. The molecule has 0 fully saturated rings. The van der Waals surface area contributed by atoms with Crippen LogP contribution in [0.15, 0.2) is 53.6 Å². The normalized spacial score (nSPS) is 14.8. The van der Waals surface area contributed by atoms with Gasteiger partial charge in [-0.15, -0.1) is 0 Å². The maximum absolute atomic E-state index is 13.4. The summed E-state index contributed by atoms with van der Waals surface area (Å²) in [6.07, 6.45) is 5.57. The standard InChI is InChI=1S/C20H18FN3O4S/c1-29(27,28)20-11-15(3-5-19(20)24(25)26)23-8-6-13(7-9-23)17-12-22-18-10-14(21)2-4-16(17)18/h2-6,10-12,22H,7-9H2,1H3. The Morgan fingerprint density at radius 2 is 2.00 bits per heavy atom. The van der Waals surface area contributed by atoms with Gasteiger partial charge in [0.05, 0.1) is 4.92 Å². The number of nitrogens with one attached hydrogen (secondary N) is 1. The van der Waals surface area contributed by atoms with E-state index in [4.69, 9.17) is 0 Å². The number of halogens is 1. The van der Waals surface area contributed by atoms with Crippen LogP contribution in [-0.2, 0) is 9.84 Å². The zero-order valence-electron chi connectivity index (χ0n) is 15.6. The molecule has 0 saturated carbocycles. The van der Waals surface area contributed by atoms with Crippen molar-refractivity contribution in [3.05, 3.63) is 70.2 Å². The average molecular weight is 415 g/mol. The summed E-state index contributed by atoms with van der Waals surface area (Å²) >= 11 is 0. The molecular formula is C20H18FN3O4S. The Hall–Kier alpha value is -3.20. The Morgan fingerprint density at radius 1 is 1.21 bits per heavy atom. The quantitative estimate of drug-likeness (QED) is 0.515. The predicted octanol–water partition coefficient (Wildman–Crippen LogP) is 3.91. The van der Waals surface area contributed by atoms with Gasteiger partial charge in [-0.2, -0.15) is 0 Å². The second kappa shape index (κ2) is 7.00. The smallest absolute Gasteiger partial charge is 0.288 e. The van der Waals surface area contributed by atoms with Crippen LogP contribution < -0.4 is 4.90 Å². The second-order valence-corrected chi connectivity index (χ2v) is 8.98. The molecule has 0 bridgehead atoms. The number of anilines is 1. The molecule has 1 N–H and O–H groups in total. The average Bonchev–Trinajstić information content (AvgIpc) is 3.10. The van der Waals surface area contributed by atoms with Gasteiger partial charge in [0, 0.05) is 53.8 Å². The summed E-state index contributed by atoms with van der Waals surface area (Å²) in [5.74, 6) is -0.297. The molecule has 7 nitrogen and oxygen atoms in total. The minimum Gasteiger partial charge on any atom is -0.367 e. The van der Waals surface area contributed by atoms with Crippen molar-refractivity contribution >= 4 is 37.7 Å². The molecule has 1 aliphatic heterocycles. The zero-order chi connectivity index (χ0) is 20.8. The van der Waals surface area contributed by atoms with Crippen LogP contribution in [-0.4, -0.2) is 37.7 Å². The zero-order valence-corrected chi connectivity index (χ0v) is 16.4.